The van der Waals surface area contributed by atoms with Crippen LogP contribution in [0.4, 0.5) is 11.5 Å². The quantitative estimate of drug-likeness (QED) is 0.768. The van der Waals surface area contributed by atoms with Crippen LogP contribution in [0.5, 0.6) is 0 Å². The molecule has 7 nitrogen and oxygen atoms in total. The molecule has 2 saturated heterocycles. The molecule has 7 heteroatoms. The molecule has 0 saturated carbocycles. The number of aliphatic hydroxyl groups excluding tert-OH is 1. The first-order valence-electron chi connectivity index (χ1n) is 11.1. The van der Waals surface area contributed by atoms with Crippen molar-refractivity contribution >= 4 is 17.4 Å². The fourth-order valence-electron chi connectivity index (χ4n) is 4.31. The van der Waals surface area contributed by atoms with Gasteiger partial charge in [0, 0.05) is 50.2 Å². The molecule has 2 aliphatic rings. The van der Waals surface area contributed by atoms with E-state index in [1.807, 2.05) is 42.6 Å². The van der Waals surface area contributed by atoms with Crippen LogP contribution in [0.2, 0.25) is 0 Å². The standard InChI is InChI=1S/C24H32N4O3/c1-17-15-28(16-18(2)31-17)23-8-3-19(13-25-23)14-26-24(30)20-4-6-21(7-5-20)27-11-9-22(29)10-12-27/h3-8,13,17-18,22,29H,9-12,14-16H2,1-2H3,(H,26,30). The molecule has 2 N–H and O–H groups in total. The first kappa shape index (κ1) is 21.6. The van der Waals surface area contributed by atoms with E-state index in [0.717, 1.165) is 56.1 Å². The highest BCUT2D eigenvalue weighted by molar-refractivity contribution is 5.94. The van der Waals surface area contributed by atoms with Gasteiger partial charge in [-0.3, -0.25) is 4.79 Å². The summed E-state index contributed by atoms with van der Waals surface area (Å²) in [5.41, 5.74) is 2.70. The number of benzene rings is 1. The smallest absolute Gasteiger partial charge is 0.251 e. The Labute approximate surface area is 184 Å². The Hall–Kier alpha value is -2.64. The Balaban J connectivity index is 1.29. The molecule has 1 aromatic heterocycles. The molecule has 3 heterocycles. The number of aromatic nitrogens is 1. The Morgan fingerprint density at radius 2 is 1.74 bits per heavy atom. The van der Waals surface area contributed by atoms with Gasteiger partial charge >= 0.3 is 0 Å². The second-order valence-electron chi connectivity index (χ2n) is 8.63. The average Bonchev–Trinajstić information content (AvgIpc) is 2.78. The average molecular weight is 425 g/mol. The summed E-state index contributed by atoms with van der Waals surface area (Å²) in [4.78, 5) is 21.6. The van der Waals surface area contributed by atoms with Gasteiger partial charge in [0.05, 0.1) is 18.3 Å². The third kappa shape index (κ3) is 5.54. The lowest BCUT2D eigenvalue weighted by molar-refractivity contribution is -0.00546. The van der Waals surface area contributed by atoms with E-state index in [1.54, 1.807) is 0 Å². The number of ether oxygens (including phenoxy) is 1. The highest BCUT2D eigenvalue weighted by atomic mass is 16.5. The van der Waals surface area contributed by atoms with E-state index in [4.69, 9.17) is 4.74 Å². The van der Waals surface area contributed by atoms with E-state index in [0.29, 0.717) is 12.1 Å². The zero-order chi connectivity index (χ0) is 21.8. The molecule has 4 rings (SSSR count). The normalized spacial score (nSPS) is 22.4. The van der Waals surface area contributed by atoms with Crippen LogP contribution in [-0.4, -0.2) is 60.5 Å². The van der Waals surface area contributed by atoms with Crippen molar-refractivity contribution in [2.45, 2.75) is 51.5 Å². The van der Waals surface area contributed by atoms with Crippen molar-refractivity contribution in [1.29, 1.82) is 0 Å². The Kier molecular flexibility index (Phi) is 6.73. The summed E-state index contributed by atoms with van der Waals surface area (Å²) in [6.45, 7) is 7.96. The van der Waals surface area contributed by atoms with Crippen molar-refractivity contribution in [1.82, 2.24) is 10.3 Å². The number of anilines is 2. The number of hydrogen-bond donors (Lipinski definition) is 2. The number of rotatable bonds is 5. The maximum atomic E-state index is 12.5. The molecule has 166 valence electrons. The van der Waals surface area contributed by atoms with Crippen molar-refractivity contribution in [2.24, 2.45) is 0 Å². The van der Waals surface area contributed by atoms with Gasteiger partial charge in [0.15, 0.2) is 0 Å². The maximum absolute atomic E-state index is 12.5. The van der Waals surface area contributed by atoms with Gasteiger partial charge in [0.25, 0.3) is 5.91 Å². The number of amides is 1. The second-order valence-corrected chi connectivity index (χ2v) is 8.63. The summed E-state index contributed by atoms with van der Waals surface area (Å²) in [7, 11) is 0. The summed E-state index contributed by atoms with van der Waals surface area (Å²) in [5.74, 6) is 0.846. The van der Waals surface area contributed by atoms with E-state index in [1.165, 1.54) is 0 Å². The number of nitrogens with zero attached hydrogens (tertiary/aromatic N) is 3. The molecule has 2 unspecified atom stereocenters. The second kappa shape index (κ2) is 9.66. The summed E-state index contributed by atoms with van der Waals surface area (Å²) < 4.78 is 5.78. The molecule has 0 aliphatic carbocycles. The lowest BCUT2D eigenvalue weighted by Gasteiger charge is -2.36. The van der Waals surface area contributed by atoms with Crippen LogP contribution in [0.15, 0.2) is 42.6 Å². The number of nitrogens with one attached hydrogen (secondary N) is 1. The lowest BCUT2D eigenvalue weighted by atomic mass is 10.1. The summed E-state index contributed by atoms with van der Waals surface area (Å²) in [6.07, 6.45) is 3.60. The van der Waals surface area contributed by atoms with Gasteiger partial charge in [0.2, 0.25) is 0 Å². The molecule has 2 fully saturated rings. The van der Waals surface area contributed by atoms with E-state index >= 15 is 0 Å². The lowest BCUT2D eigenvalue weighted by Crippen LogP contribution is -2.45. The minimum atomic E-state index is -0.189. The molecular weight excluding hydrogens is 392 g/mol. The molecule has 0 radical (unpaired) electrons. The highest BCUT2D eigenvalue weighted by Crippen LogP contribution is 2.21. The predicted molar refractivity (Wildman–Crippen MR) is 122 cm³/mol. The van der Waals surface area contributed by atoms with Crippen LogP contribution in [0.1, 0.15) is 42.6 Å². The number of aliphatic hydroxyl groups is 1. The summed E-state index contributed by atoms with van der Waals surface area (Å²) >= 11 is 0. The van der Waals surface area contributed by atoms with Gasteiger partial charge in [-0.1, -0.05) is 6.07 Å². The molecule has 0 spiro atoms. The first-order valence-corrected chi connectivity index (χ1v) is 11.1. The van der Waals surface area contributed by atoms with Gasteiger partial charge in [-0.05, 0) is 62.6 Å². The fraction of sp³-hybridized carbons (Fsp3) is 0.500. The van der Waals surface area contributed by atoms with E-state index in [2.05, 4.69) is 33.9 Å². The van der Waals surface area contributed by atoms with Crippen molar-refractivity contribution in [2.75, 3.05) is 36.0 Å². The predicted octanol–water partition coefficient (Wildman–Crippen LogP) is 2.59. The first-order chi connectivity index (χ1) is 15.0. The van der Waals surface area contributed by atoms with Crippen LogP contribution in [-0.2, 0) is 11.3 Å². The Morgan fingerprint density at radius 3 is 2.35 bits per heavy atom. The molecule has 0 bridgehead atoms. The Bertz CT molecular complexity index is 853. The van der Waals surface area contributed by atoms with Crippen LogP contribution in [0.25, 0.3) is 0 Å². The molecule has 31 heavy (non-hydrogen) atoms. The molecule has 2 aromatic rings. The topological polar surface area (TPSA) is 77.9 Å². The van der Waals surface area contributed by atoms with Crippen LogP contribution < -0.4 is 15.1 Å². The molecule has 1 aromatic carbocycles. The largest absolute Gasteiger partial charge is 0.393 e. The van der Waals surface area contributed by atoms with E-state index in [9.17, 15) is 9.90 Å². The van der Waals surface area contributed by atoms with Crippen molar-refractivity contribution < 1.29 is 14.6 Å². The maximum Gasteiger partial charge on any atom is 0.251 e. The van der Waals surface area contributed by atoms with Crippen molar-refractivity contribution in [3.8, 4) is 0 Å². The van der Waals surface area contributed by atoms with Crippen LogP contribution in [0, 0.1) is 0 Å². The monoisotopic (exact) mass is 424 g/mol. The van der Waals surface area contributed by atoms with E-state index < -0.39 is 0 Å². The molecule has 2 aliphatic heterocycles. The number of carbonyl (C=O) groups is 1. The number of pyridine rings is 1. The number of morpholine rings is 1. The summed E-state index contributed by atoms with van der Waals surface area (Å²) in [6, 6.07) is 11.7. The fourth-order valence-corrected chi connectivity index (χ4v) is 4.31. The van der Waals surface area contributed by atoms with Crippen LogP contribution >= 0.6 is 0 Å². The zero-order valence-electron chi connectivity index (χ0n) is 18.3. The molecule has 1 amide bonds. The van der Waals surface area contributed by atoms with Gasteiger partial charge in [-0.25, -0.2) is 4.98 Å². The SMILES string of the molecule is CC1CN(c2ccc(CNC(=O)c3ccc(N4CCC(O)CC4)cc3)cn2)CC(C)O1. The van der Waals surface area contributed by atoms with Gasteiger partial charge in [-0.15, -0.1) is 0 Å². The highest BCUT2D eigenvalue weighted by Gasteiger charge is 2.23. The molecule has 2 atom stereocenters. The third-order valence-corrected chi connectivity index (χ3v) is 5.96. The zero-order valence-corrected chi connectivity index (χ0v) is 18.3. The van der Waals surface area contributed by atoms with E-state index in [-0.39, 0.29) is 24.2 Å². The molecular formula is C24H32N4O3. The van der Waals surface area contributed by atoms with Gasteiger partial charge < -0.3 is 25.0 Å². The van der Waals surface area contributed by atoms with Crippen molar-refractivity contribution in [3.05, 3.63) is 53.7 Å². The third-order valence-electron chi connectivity index (χ3n) is 5.96. The van der Waals surface area contributed by atoms with Crippen molar-refractivity contribution in [3.63, 3.8) is 0 Å². The van der Waals surface area contributed by atoms with Crippen LogP contribution in [0.3, 0.4) is 0 Å². The van der Waals surface area contributed by atoms with Gasteiger partial charge in [0.1, 0.15) is 5.82 Å². The number of carbonyl (C=O) groups excluding carboxylic acids is 1. The summed E-state index contributed by atoms with van der Waals surface area (Å²) in [5, 5.41) is 12.6. The Morgan fingerprint density at radius 1 is 1.06 bits per heavy atom. The van der Waals surface area contributed by atoms with Gasteiger partial charge in [-0.2, -0.15) is 0 Å². The minimum Gasteiger partial charge on any atom is -0.393 e. The number of piperidine rings is 1. The minimum absolute atomic E-state index is 0.0967. The number of hydrogen-bond acceptors (Lipinski definition) is 6.